The van der Waals surface area contributed by atoms with Crippen LogP contribution in [0.1, 0.15) is 12.0 Å². The topological polar surface area (TPSA) is 77.1 Å². The van der Waals surface area contributed by atoms with Gasteiger partial charge in [0.1, 0.15) is 11.3 Å². The number of rotatable bonds is 9. The van der Waals surface area contributed by atoms with Crippen molar-refractivity contribution in [3.8, 4) is 17.2 Å². The molecule has 1 aliphatic rings. The number of hydrogen-bond acceptors (Lipinski definition) is 5. The van der Waals surface area contributed by atoms with Crippen LogP contribution in [0.5, 0.6) is 17.2 Å². The first-order valence-corrected chi connectivity index (χ1v) is 11.9. The van der Waals surface area contributed by atoms with Crippen molar-refractivity contribution in [3.05, 3.63) is 87.4 Å². The second kappa shape index (κ2) is 11.3. The smallest absolute Gasteiger partial charge is 0.282 e. The molecule has 0 unspecified atom stereocenters. The molecular formula is C26H22BrClN2O5. The fraction of sp³-hybridized carbons (Fsp3) is 0.154. The van der Waals surface area contributed by atoms with Gasteiger partial charge in [-0.15, -0.1) is 0 Å². The molecule has 1 aliphatic heterocycles. The van der Waals surface area contributed by atoms with E-state index >= 15 is 0 Å². The average Bonchev–Trinajstić information content (AvgIpc) is 3.14. The Balaban J connectivity index is 1.41. The minimum Gasteiger partial charge on any atom is -0.493 e. The lowest BCUT2D eigenvalue weighted by atomic mass is 10.1. The molecule has 0 atom stereocenters. The summed E-state index contributed by atoms with van der Waals surface area (Å²) in [5.74, 6) is 0.819. The molecule has 2 amide bonds. The molecule has 7 nitrogen and oxygen atoms in total. The molecular weight excluding hydrogens is 536 g/mol. The Morgan fingerprint density at radius 2 is 1.71 bits per heavy atom. The Kier molecular flexibility index (Phi) is 7.94. The van der Waals surface area contributed by atoms with Gasteiger partial charge in [0.25, 0.3) is 11.8 Å². The van der Waals surface area contributed by atoms with Gasteiger partial charge in [0, 0.05) is 11.4 Å². The standard InChI is InChI=1S/C26H22BrClN2O5/c1-33-23-16-17(14-21-25(31)29-30(26(21)32)19-6-3-2-4-7-19)15-22(27)24(23)35-13-5-12-34-20-10-8-18(28)9-11-20/h2-4,6-11,14-16H,5,12-13H2,1H3,(H,29,31). The third-order valence-corrected chi connectivity index (χ3v) is 5.93. The zero-order valence-corrected chi connectivity index (χ0v) is 21.1. The summed E-state index contributed by atoms with van der Waals surface area (Å²) in [6, 6.07) is 19.5. The number of hydrazine groups is 1. The number of halogens is 2. The van der Waals surface area contributed by atoms with E-state index in [9.17, 15) is 9.59 Å². The Morgan fingerprint density at radius 3 is 2.43 bits per heavy atom. The van der Waals surface area contributed by atoms with E-state index in [4.69, 9.17) is 25.8 Å². The maximum absolute atomic E-state index is 12.8. The Labute approximate surface area is 216 Å². The minimum absolute atomic E-state index is 0.0239. The molecule has 0 bridgehead atoms. The molecule has 0 aromatic heterocycles. The highest BCUT2D eigenvalue weighted by Crippen LogP contribution is 2.37. The van der Waals surface area contributed by atoms with Gasteiger partial charge >= 0.3 is 0 Å². The molecule has 1 heterocycles. The number of benzene rings is 3. The molecule has 0 radical (unpaired) electrons. The van der Waals surface area contributed by atoms with Crippen molar-refractivity contribution in [1.29, 1.82) is 0 Å². The summed E-state index contributed by atoms with van der Waals surface area (Å²) in [5.41, 5.74) is 3.81. The number of nitrogens with zero attached hydrogens (tertiary/aromatic N) is 1. The molecule has 1 fully saturated rings. The van der Waals surface area contributed by atoms with Crippen molar-refractivity contribution in [2.24, 2.45) is 0 Å². The summed E-state index contributed by atoms with van der Waals surface area (Å²) in [4.78, 5) is 25.3. The quantitative estimate of drug-likeness (QED) is 0.216. The summed E-state index contributed by atoms with van der Waals surface area (Å²) in [6.45, 7) is 0.872. The molecule has 9 heteroatoms. The first-order valence-electron chi connectivity index (χ1n) is 10.8. The largest absolute Gasteiger partial charge is 0.493 e. The van der Waals surface area contributed by atoms with E-state index < -0.39 is 11.8 Å². The minimum atomic E-state index is -0.477. The Bertz CT molecular complexity index is 1250. The van der Waals surface area contributed by atoms with Gasteiger partial charge in [-0.2, -0.15) is 0 Å². The van der Waals surface area contributed by atoms with E-state index in [0.29, 0.717) is 51.9 Å². The lowest BCUT2D eigenvalue weighted by molar-refractivity contribution is -0.117. The van der Waals surface area contributed by atoms with Crippen molar-refractivity contribution in [2.75, 3.05) is 25.3 Å². The Morgan fingerprint density at radius 1 is 1.00 bits per heavy atom. The van der Waals surface area contributed by atoms with Crippen molar-refractivity contribution in [2.45, 2.75) is 6.42 Å². The molecule has 0 aliphatic carbocycles. The van der Waals surface area contributed by atoms with Crippen LogP contribution in [0.25, 0.3) is 6.08 Å². The number of anilines is 1. The third kappa shape index (κ3) is 5.96. The molecule has 3 aromatic rings. The predicted molar refractivity (Wildman–Crippen MR) is 138 cm³/mol. The summed E-state index contributed by atoms with van der Waals surface area (Å²) in [6.07, 6.45) is 2.17. The number of amides is 2. The second-order valence-electron chi connectivity index (χ2n) is 7.51. The highest BCUT2D eigenvalue weighted by Gasteiger charge is 2.34. The molecule has 4 rings (SSSR count). The summed E-state index contributed by atoms with van der Waals surface area (Å²) in [7, 11) is 1.53. The van der Waals surface area contributed by atoms with Gasteiger partial charge < -0.3 is 14.2 Å². The Hall–Kier alpha value is -3.49. The van der Waals surface area contributed by atoms with Crippen molar-refractivity contribution < 1.29 is 23.8 Å². The van der Waals surface area contributed by atoms with Gasteiger partial charge in [-0.1, -0.05) is 29.8 Å². The second-order valence-corrected chi connectivity index (χ2v) is 8.80. The highest BCUT2D eigenvalue weighted by molar-refractivity contribution is 9.10. The molecule has 1 N–H and O–H groups in total. The van der Waals surface area contributed by atoms with E-state index in [0.717, 1.165) is 5.75 Å². The van der Waals surface area contributed by atoms with Gasteiger partial charge in [0.15, 0.2) is 11.5 Å². The lowest BCUT2D eigenvalue weighted by Gasteiger charge is -2.14. The summed E-state index contributed by atoms with van der Waals surface area (Å²) in [5, 5.41) is 1.88. The third-order valence-electron chi connectivity index (χ3n) is 5.09. The lowest BCUT2D eigenvalue weighted by Crippen LogP contribution is -2.35. The average molecular weight is 558 g/mol. The van der Waals surface area contributed by atoms with Crippen molar-refractivity contribution in [3.63, 3.8) is 0 Å². The van der Waals surface area contributed by atoms with Gasteiger partial charge in [-0.25, -0.2) is 5.01 Å². The molecule has 180 valence electrons. The number of methoxy groups -OCH3 is 1. The molecule has 0 spiro atoms. The van der Waals surface area contributed by atoms with Crippen LogP contribution < -0.4 is 24.6 Å². The summed E-state index contributed by atoms with van der Waals surface area (Å²) >= 11 is 9.38. The molecule has 3 aromatic carbocycles. The molecule has 1 saturated heterocycles. The van der Waals surface area contributed by atoms with E-state index in [1.807, 2.05) is 18.2 Å². The van der Waals surface area contributed by atoms with Gasteiger partial charge in [-0.3, -0.25) is 15.0 Å². The van der Waals surface area contributed by atoms with E-state index in [2.05, 4.69) is 21.4 Å². The normalized spacial score (nSPS) is 14.3. The number of nitrogens with one attached hydrogen (secondary N) is 1. The molecule has 0 saturated carbocycles. The van der Waals surface area contributed by atoms with Crippen molar-refractivity contribution >= 4 is 51.1 Å². The summed E-state index contributed by atoms with van der Waals surface area (Å²) < 4.78 is 17.7. The van der Waals surface area contributed by atoms with Crippen LogP contribution in [0.2, 0.25) is 5.02 Å². The monoisotopic (exact) mass is 556 g/mol. The van der Waals surface area contributed by atoms with Crippen LogP contribution in [-0.2, 0) is 9.59 Å². The zero-order valence-electron chi connectivity index (χ0n) is 18.8. The number of hydrogen-bond donors (Lipinski definition) is 1. The fourth-order valence-electron chi connectivity index (χ4n) is 3.40. The molecule has 35 heavy (non-hydrogen) atoms. The van der Waals surface area contributed by atoms with E-state index in [-0.39, 0.29) is 5.57 Å². The number of carbonyl (C=O) groups excluding carboxylic acids is 2. The first kappa shape index (κ1) is 24.6. The number of para-hydroxylation sites is 1. The van der Waals surface area contributed by atoms with Crippen molar-refractivity contribution in [1.82, 2.24) is 5.43 Å². The predicted octanol–water partition coefficient (Wildman–Crippen LogP) is 5.42. The van der Waals surface area contributed by atoms with Crippen LogP contribution >= 0.6 is 27.5 Å². The van der Waals surface area contributed by atoms with Gasteiger partial charge in [-0.05, 0) is 76.1 Å². The SMILES string of the molecule is COc1cc(C=C2C(=O)NN(c3ccccc3)C2=O)cc(Br)c1OCCCOc1ccc(Cl)cc1. The van der Waals surface area contributed by atoms with Crippen LogP contribution in [0.15, 0.2) is 76.8 Å². The van der Waals surface area contributed by atoms with Gasteiger partial charge in [0.2, 0.25) is 0 Å². The maximum atomic E-state index is 12.8. The van der Waals surface area contributed by atoms with Crippen LogP contribution in [0, 0.1) is 0 Å². The maximum Gasteiger partial charge on any atom is 0.282 e. The van der Waals surface area contributed by atoms with Crippen LogP contribution in [0.4, 0.5) is 5.69 Å². The van der Waals surface area contributed by atoms with E-state index in [1.54, 1.807) is 48.5 Å². The zero-order chi connectivity index (χ0) is 24.8. The van der Waals surface area contributed by atoms with Gasteiger partial charge in [0.05, 0.1) is 30.5 Å². The van der Waals surface area contributed by atoms with Crippen LogP contribution in [-0.4, -0.2) is 32.1 Å². The first-order chi connectivity index (χ1) is 17.0. The van der Waals surface area contributed by atoms with Crippen LogP contribution in [0.3, 0.4) is 0 Å². The highest BCUT2D eigenvalue weighted by atomic mass is 79.9. The fourth-order valence-corrected chi connectivity index (χ4v) is 4.10. The number of ether oxygens (including phenoxy) is 3. The van der Waals surface area contributed by atoms with E-state index in [1.165, 1.54) is 18.2 Å². The number of carbonyl (C=O) groups is 2.